The summed E-state index contributed by atoms with van der Waals surface area (Å²) in [6, 6.07) is 35.6. The molecular formula is C39H40Cl2N4O4. The van der Waals surface area contributed by atoms with Gasteiger partial charge >= 0.3 is 0 Å². The molecule has 1 fully saturated rings. The van der Waals surface area contributed by atoms with Gasteiger partial charge in [-0.15, -0.1) is 0 Å². The lowest BCUT2D eigenvalue weighted by Crippen LogP contribution is -2.62. The van der Waals surface area contributed by atoms with E-state index in [4.69, 9.17) is 28.9 Å². The Balaban J connectivity index is 1.40. The third-order valence-corrected chi connectivity index (χ3v) is 9.51. The highest BCUT2D eigenvalue weighted by Crippen LogP contribution is 2.30. The largest absolute Gasteiger partial charge is 0.368 e. The highest BCUT2D eigenvalue weighted by molar-refractivity contribution is 6.30. The van der Waals surface area contributed by atoms with E-state index in [0.29, 0.717) is 17.9 Å². The average Bonchev–Trinajstić information content (AvgIpc) is 3.11. The minimum absolute atomic E-state index is 0.0532. The fourth-order valence-corrected chi connectivity index (χ4v) is 6.77. The van der Waals surface area contributed by atoms with Crippen LogP contribution < -0.4 is 5.73 Å². The maximum absolute atomic E-state index is 14.3. The van der Waals surface area contributed by atoms with Gasteiger partial charge in [-0.3, -0.25) is 19.2 Å². The molecule has 1 heterocycles. The van der Waals surface area contributed by atoms with Crippen molar-refractivity contribution in [3.8, 4) is 0 Å². The van der Waals surface area contributed by atoms with Gasteiger partial charge in [0.15, 0.2) is 0 Å². The van der Waals surface area contributed by atoms with E-state index in [9.17, 15) is 19.2 Å². The van der Waals surface area contributed by atoms with Gasteiger partial charge in [-0.2, -0.15) is 0 Å². The number of carbonyl (C=O) groups excluding carboxylic acids is 4. The summed E-state index contributed by atoms with van der Waals surface area (Å²) in [7, 11) is 0. The Morgan fingerprint density at radius 3 is 1.96 bits per heavy atom. The number of primary amides is 1. The number of halogens is 2. The SMILES string of the molecule is NC(=O)CN(CCc1ccccc1)C(=O)CC1C(=O)N(C(Cl)Cc2ccc(Cl)cc2)CC(=O)N1CCC(c1ccccc1)c1ccccc1. The van der Waals surface area contributed by atoms with E-state index in [2.05, 4.69) is 0 Å². The van der Waals surface area contributed by atoms with Crippen LogP contribution in [0, 0.1) is 0 Å². The minimum atomic E-state index is -1.11. The minimum Gasteiger partial charge on any atom is -0.368 e. The number of alkyl halides is 1. The van der Waals surface area contributed by atoms with E-state index in [1.165, 1.54) is 14.7 Å². The van der Waals surface area contributed by atoms with Crippen LogP contribution in [0.25, 0.3) is 0 Å². The van der Waals surface area contributed by atoms with Crippen molar-refractivity contribution in [2.75, 3.05) is 26.2 Å². The molecule has 2 atom stereocenters. The number of amides is 4. The van der Waals surface area contributed by atoms with Gasteiger partial charge in [-0.25, -0.2) is 0 Å². The van der Waals surface area contributed by atoms with Crippen LogP contribution in [-0.2, 0) is 32.0 Å². The molecule has 49 heavy (non-hydrogen) atoms. The zero-order valence-corrected chi connectivity index (χ0v) is 28.7. The van der Waals surface area contributed by atoms with Crippen molar-refractivity contribution >= 4 is 46.8 Å². The smallest absolute Gasteiger partial charge is 0.247 e. The molecule has 0 bridgehead atoms. The van der Waals surface area contributed by atoms with E-state index >= 15 is 0 Å². The fraction of sp³-hybridized carbons (Fsp3) is 0.282. The molecule has 1 saturated heterocycles. The average molecular weight is 700 g/mol. The van der Waals surface area contributed by atoms with Crippen LogP contribution in [0.2, 0.25) is 5.02 Å². The van der Waals surface area contributed by atoms with Gasteiger partial charge in [0, 0.05) is 30.5 Å². The Morgan fingerprint density at radius 2 is 1.39 bits per heavy atom. The lowest BCUT2D eigenvalue weighted by molar-refractivity contribution is -0.159. The van der Waals surface area contributed by atoms with Crippen LogP contribution >= 0.6 is 23.2 Å². The third kappa shape index (κ3) is 9.71. The number of piperazine rings is 1. The van der Waals surface area contributed by atoms with Gasteiger partial charge in [-0.1, -0.05) is 126 Å². The maximum atomic E-state index is 14.3. The normalized spacial score (nSPS) is 15.4. The molecule has 0 aliphatic carbocycles. The van der Waals surface area contributed by atoms with Crippen LogP contribution in [0.3, 0.4) is 0 Å². The molecule has 4 aromatic rings. The first-order valence-electron chi connectivity index (χ1n) is 16.4. The van der Waals surface area contributed by atoms with E-state index in [1.54, 1.807) is 12.1 Å². The predicted molar refractivity (Wildman–Crippen MR) is 192 cm³/mol. The van der Waals surface area contributed by atoms with E-state index < -0.39 is 29.3 Å². The number of hydrogen-bond acceptors (Lipinski definition) is 4. The Bertz CT molecular complexity index is 1670. The number of carbonyl (C=O) groups is 4. The first-order chi connectivity index (χ1) is 23.7. The zero-order chi connectivity index (χ0) is 34.8. The molecule has 1 aliphatic heterocycles. The Hall–Kier alpha value is -4.66. The van der Waals surface area contributed by atoms with Gasteiger partial charge < -0.3 is 20.4 Å². The van der Waals surface area contributed by atoms with E-state index in [1.807, 2.05) is 103 Å². The first-order valence-corrected chi connectivity index (χ1v) is 17.2. The molecule has 2 N–H and O–H groups in total. The second kappa shape index (κ2) is 17.1. The molecule has 10 heteroatoms. The van der Waals surface area contributed by atoms with Gasteiger partial charge in [-0.05, 0) is 47.2 Å². The summed E-state index contributed by atoms with van der Waals surface area (Å²) in [6.45, 7) is -0.0629. The highest BCUT2D eigenvalue weighted by atomic mass is 35.5. The zero-order valence-electron chi connectivity index (χ0n) is 27.2. The predicted octanol–water partition coefficient (Wildman–Crippen LogP) is 5.66. The lowest BCUT2D eigenvalue weighted by Gasteiger charge is -2.42. The van der Waals surface area contributed by atoms with Crippen LogP contribution in [0.4, 0.5) is 0 Å². The molecule has 0 spiro atoms. The number of nitrogens with two attached hydrogens (primary N) is 1. The molecule has 0 radical (unpaired) electrons. The van der Waals surface area contributed by atoms with E-state index in [0.717, 1.165) is 22.3 Å². The standard InChI is InChI=1S/C39H40Cl2N4O4/c40-32-18-16-29(17-19-32)24-35(41)45-27-38(48)44(23-21-33(30-12-6-2-7-13-30)31-14-8-3-9-15-31)34(39(45)49)25-37(47)43(26-36(42)46)22-20-28-10-4-1-5-11-28/h1-19,33-35H,20-27H2,(H2,42,46). The molecule has 5 rings (SSSR count). The quantitative estimate of drug-likeness (QED) is 0.128. The van der Waals surface area contributed by atoms with Crippen LogP contribution in [-0.4, -0.2) is 76.1 Å². The van der Waals surface area contributed by atoms with Gasteiger partial charge in [0.25, 0.3) is 0 Å². The third-order valence-electron chi connectivity index (χ3n) is 8.87. The van der Waals surface area contributed by atoms with Crippen molar-refractivity contribution in [2.24, 2.45) is 5.73 Å². The number of rotatable bonds is 15. The summed E-state index contributed by atoms with van der Waals surface area (Å²) in [6.07, 6.45) is 0.988. The van der Waals surface area contributed by atoms with Crippen LogP contribution in [0.5, 0.6) is 0 Å². The van der Waals surface area contributed by atoms with Gasteiger partial charge in [0.2, 0.25) is 23.6 Å². The van der Waals surface area contributed by atoms with Gasteiger partial charge in [0.1, 0.15) is 18.1 Å². The van der Waals surface area contributed by atoms with Crippen molar-refractivity contribution in [1.82, 2.24) is 14.7 Å². The monoisotopic (exact) mass is 698 g/mol. The second-order valence-electron chi connectivity index (χ2n) is 12.2. The second-order valence-corrected chi connectivity index (χ2v) is 13.2. The van der Waals surface area contributed by atoms with Crippen molar-refractivity contribution in [3.63, 3.8) is 0 Å². The summed E-state index contributed by atoms with van der Waals surface area (Å²) in [5.74, 6) is -1.88. The molecule has 1 aliphatic rings. The van der Waals surface area contributed by atoms with Crippen molar-refractivity contribution in [3.05, 3.63) is 143 Å². The number of benzene rings is 4. The summed E-state index contributed by atoms with van der Waals surface area (Å²) in [5, 5.41) is 0.574. The highest BCUT2D eigenvalue weighted by Gasteiger charge is 2.43. The fourth-order valence-electron chi connectivity index (χ4n) is 6.30. The molecule has 2 unspecified atom stereocenters. The topological polar surface area (TPSA) is 104 Å². The summed E-state index contributed by atoms with van der Waals surface area (Å²) >= 11 is 12.9. The van der Waals surface area contributed by atoms with Crippen LogP contribution in [0.1, 0.15) is 41.0 Å². The summed E-state index contributed by atoms with van der Waals surface area (Å²) in [4.78, 5) is 58.4. The van der Waals surface area contributed by atoms with Crippen molar-refractivity contribution in [2.45, 2.75) is 43.1 Å². The summed E-state index contributed by atoms with van der Waals surface area (Å²) in [5.41, 5.74) is 8.71. The molecule has 0 aromatic heterocycles. The molecule has 0 saturated carbocycles. The number of hydrogen-bond donors (Lipinski definition) is 1. The Kier molecular flexibility index (Phi) is 12.5. The van der Waals surface area contributed by atoms with Crippen molar-refractivity contribution < 1.29 is 19.2 Å². The van der Waals surface area contributed by atoms with Crippen molar-refractivity contribution in [1.29, 1.82) is 0 Å². The lowest BCUT2D eigenvalue weighted by atomic mass is 9.88. The molecule has 254 valence electrons. The molecule has 8 nitrogen and oxygen atoms in total. The summed E-state index contributed by atoms with van der Waals surface area (Å²) < 4.78 is 0. The molecular weight excluding hydrogens is 659 g/mol. The van der Waals surface area contributed by atoms with E-state index in [-0.39, 0.29) is 50.8 Å². The first kappa shape index (κ1) is 35.6. The van der Waals surface area contributed by atoms with Gasteiger partial charge in [0.05, 0.1) is 13.0 Å². The number of nitrogens with zero attached hydrogens (tertiary/aromatic N) is 3. The molecule has 4 aromatic carbocycles. The molecule has 4 amide bonds. The Labute approximate surface area is 297 Å². The van der Waals surface area contributed by atoms with Crippen LogP contribution in [0.15, 0.2) is 115 Å². The Morgan fingerprint density at radius 1 is 0.816 bits per heavy atom. The maximum Gasteiger partial charge on any atom is 0.247 e.